The minimum absolute atomic E-state index is 0.0595. The standard InChI is InChI=1S/C26H35N3O4/c1-3-32-25(31)19-26(13-6-16-29(20-26)21(2)30)18-22-9-11-23(12-10-22)33-17-7-15-28-24-8-4-5-14-27-24/h4-5,8-12,14H,3,6-7,13,15-20H2,1-2H3,(H,27,28). The van der Waals surface area contributed by atoms with Crippen molar-refractivity contribution in [3.63, 3.8) is 0 Å². The van der Waals surface area contributed by atoms with Crippen molar-refractivity contribution >= 4 is 17.7 Å². The maximum absolute atomic E-state index is 12.3. The van der Waals surface area contributed by atoms with Gasteiger partial charge in [-0.3, -0.25) is 9.59 Å². The second-order valence-electron chi connectivity index (χ2n) is 8.69. The first-order valence-corrected chi connectivity index (χ1v) is 11.8. The molecule has 3 rings (SSSR count). The van der Waals surface area contributed by atoms with E-state index in [1.165, 1.54) is 0 Å². The van der Waals surface area contributed by atoms with E-state index < -0.39 is 0 Å². The number of nitrogens with one attached hydrogen (secondary N) is 1. The molecule has 1 atom stereocenters. The second-order valence-corrected chi connectivity index (χ2v) is 8.69. The second kappa shape index (κ2) is 12.2. The van der Waals surface area contributed by atoms with Crippen molar-refractivity contribution in [3.05, 3.63) is 54.2 Å². The molecule has 1 aliphatic rings. The Bertz CT molecular complexity index is 888. The molecule has 1 fully saturated rings. The highest BCUT2D eigenvalue weighted by atomic mass is 16.5. The lowest BCUT2D eigenvalue weighted by molar-refractivity contribution is -0.148. The van der Waals surface area contributed by atoms with Gasteiger partial charge < -0.3 is 19.7 Å². The summed E-state index contributed by atoms with van der Waals surface area (Å²) in [7, 11) is 0. The van der Waals surface area contributed by atoms with Crippen LogP contribution in [-0.4, -0.2) is 54.6 Å². The van der Waals surface area contributed by atoms with Crippen LogP contribution in [0.1, 0.15) is 45.1 Å². The summed E-state index contributed by atoms with van der Waals surface area (Å²) in [5.74, 6) is 1.56. The molecule has 0 bridgehead atoms. The van der Waals surface area contributed by atoms with Gasteiger partial charge in [0.1, 0.15) is 11.6 Å². The molecular weight excluding hydrogens is 418 g/mol. The van der Waals surface area contributed by atoms with Crippen LogP contribution in [0.3, 0.4) is 0 Å². The predicted molar refractivity (Wildman–Crippen MR) is 128 cm³/mol. The lowest BCUT2D eigenvalue weighted by Gasteiger charge is -2.42. The molecule has 1 saturated heterocycles. The summed E-state index contributed by atoms with van der Waals surface area (Å²) < 4.78 is 11.1. The molecule has 33 heavy (non-hydrogen) atoms. The van der Waals surface area contributed by atoms with Crippen LogP contribution in [0, 0.1) is 5.41 Å². The lowest BCUT2D eigenvalue weighted by atomic mass is 9.72. The molecule has 1 N–H and O–H groups in total. The van der Waals surface area contributed by atoms with Gasteiger partial charge in [-0.25, -0.2) is 4.98 Å². The number of likely N-dealkylation sites (tertiary alicyclic amines) is 1. The van der Waals surface area contributed by atoms with Gasteiger partial charge in [-0.05, 0) is 62.4 Å². The SMILES string of the molecule is CCOC(=O)CC1(Cc2ccc(OCCCNc3ccccn3)cc2)CCCN(C(C)=O)C1. The van der Waals surface area contributed by atoms with E-state index in [0.29, 0.717) is 26.2 Å². The Kier molecular flexibility index (Phi) is 9.10. The van der Waals surface area contributed by atoms with Crippen LogP contribution >= 0.6 is 0 Å². The van der Waals surface area contributed by atoms with Crippen molar-refractivity contribution in [1.29, 1.82) is 0 Å². The fraction of sp³-hybridized carbons (Fsp3) is 0.500. The van der Waals surface area contributed by atoms with Crippen LogP contribution in [0.2, 0.25) is 0 Å². The number of nitrogens with zero attached hydrogens (tertiary/aromatic N) is 2. The van der Waals surface area contributed by atoms with E-state index >= 15 is 0 Å². The first-order valence-electron chi connectivity index (χ1n) is 11.8. The Balaban J connectivity index is 1.53. The average Bonchev–Trinajstić information content (AvgIpc) is 2.81. The molecular formula is C26H35N3O4. The number of hydrogen-bond acceptors (Lipinski definition) is 6. The molecule has 1 aromatic carbocycles. The van der Waals surface area contributed by atoms with Gasteiger partial charge >= 0.3 is 5.97 Å². The molecule has 0 radical (unpaired) electrons. The summed E-state index contributed by atoms with van der Waals surface area (Å²) >= 11 is 0. The molecule has 2 aromatic rings. The van der Waals surface area contributed by atoms with E-state index in [2.05, 4.69) is 22.4 Å². The van der Waals surface area contributed by atoms with Gasteiger partial charge in [0, 0.05) is 38.2 Å². The van der Waals surface area contributed by atoms with E-state index in [1.807, 2.05) is 42.2 Å². The van der Waals surface area contributed by atoms with Crippen LogP contribution in [0.25, 0.3) is 0 Å². The first-order chi connectivity index (χ1) is 16.0. The molecule has 178 valence electrons. The highest BCUT2D eigenvalue weighted by Gasteiger charge is 2.38. The molecule has 7 nitrogen and oxygen atoms in total. The fourth-order valence-electron chi connectivity index (χ4n) is 4.43. The summed E-state index contributed by atoms with van der Waals surface area (Å²) in [5, 5.41) is 3.27. The molecule has 0 aliphatic carbocycles. The number of anilines is 1. The van der Waals surface area contributed by atoms with E-state index in [-0.39, 0.29) is 17.3 Å². The normalized spacial score (nSPS) is 17.9. The number of hydrogen-bond donors (Lipinski definition) is 1. The van der Waals surface area contributed by atoms with Crippen LogP contribution in [-0.2, 0) is 20.7 Å². The summed E-state index contributed by atoms with van der Waals surface area (Å²) in [6, 6.07) is 13.9. The molecule has 1 unspecified atom stereocenters. The van der Waals surface area contributed by atoms with E-state index in [1.54, 1.807) is 13.1 Å². The number of amides is 1. The van der Waals surface area contributed by atoms with Crippen LogP contribution in [0.15, 0.2) is 48.7 Å². The fourth-order valence-corrected chi connectivity index (χ4v) is 4.43. The van der Waals surface area contributed by atoms with Crippen molar-refractivity contribution in [2.75, 3.05) is 38.2 Å². The summed E-state index contributed by atoms with van der Waals surface area (Å²) in [4.78, 5) is 30.5. The summed E-state index contributed by atoms with van der Waals surface area (Å²) in [6.45, 7) is 6.52. The summed E-state index contributed by atoms with van der Waals surface area (Å²) in [5.41, 5.74) is 0.837. The van der Waals surface area contributed by atoms with Gasteiger partial charge in [-0.1, -0.05) is 18.2 Å². The Morgan fingerprint density at radius 1 is 1.18 bits per heavy atom. The van der Waals surface area contributed by atoms with Crippen molar-refractivity contribution in [2.45, 2.75) is 46.0 Å². The van der Waals surface area contributed by atoms with Gasteiger partial charge in [-0.2, -0.15) is 0 Å². The van der Waals surface area contributed by atoms with Crippen molar-refractivity contribution < 1.29 is 19.1 Å². The Hall–Kier alpha value is -3.09. The topological polar surface area (TPSA) is 80.8 Å². The van der Waals surface area contributed by atoms with Gasteiger partial charge in [0.2, 0.25) is 5.91 Å². The van der Waals surface area contributed by atoms with E-state index in [0.717, 1.165) is 55.9 Å². The zero-order valence-corrected chi connectivity index (χ0v) is 19.7. The van der Waals surface area contributed by atoms with Gasteiger partial charge in [0.25, 0.3) is 0 Å². The third-order valence-corrected chi connectivity index (χ3v) is 5.99. The number of rotatable bonds is 11. The molecule has 1 aliphatic heterocycles. The van der Waals surface area contributed by atoms with Crippen LogP contribution < -0.4 is 10.1 Å². The first kappa shape index (κ1) is 24.6. The van der Waals surface area contributed by atoms with Gasteiger partial charge in [-0.15, -0.1) is 0 Å². The third-order valence-electron chi connectivity index (χ3n) is 5.99. The van der Waals surface area contributed by atoms with Crippen molar-refractivity contribution in [3.8, 4) is 5.75 Å². The van der Waals surface area contributed by atoms with Gasteiger partial charge in [0.15, 0.2) is 0 Å². The number of piperidine rings is 1. The number of pyridine rings is 1. The third kappa shape index (κ3) is 7.77. The molecule has 0 spiro atoms. The van der Waals surface area contributed by atoms with Crippen molar-refractivity contribution in [2.24, 2.45) is 5.41 Å². The summed E-state index contributed by atoms with van der Waals surface area (Å²) in [6.07, 6.45) is 5.48. The number of esters is 1. The predicted octanol–water partition coefficient (Wildman–Crippen LogP) is 4.09. The number of carbonyl (C=O) groups is 2. The maximum atomic E-state index is 12.3. The zero-order valence-electron chi connectivity index (χ0n) is 19.7. The quantitative estimate of drug-likeness (QED) is 0.408. The smallest absolute Gasteiger partial charge is 0.306 e. The molecule has 2 heterocycles. The molecule has 7 heteroatoms. The minimum Gasteiger partial charge on any atom is -0.494 e. The van der Waals surface area contributed by atoms with Crippen molar-refractivity contribution in [1.82, 2.24) is 9.88 Å². The van der Waals surface area contributed by atoms with Crippen LogP contribution in [0.4, 0.5) is 5.82 Å². The Labute approximate surface area is 196 Å². The minimum atomic E-state index is -0.296. The maximum Gasteiger partial charge on any atom is 0.306 e. The Morgan fingerprint density at radius 2 is 2.00 bits per heavy atom. The molecule has 0 saturated carbocycles. The number of aromatic nitrogens is 1. The zero-order chi connectivity index (χ0) is 23.5. The number of ether oxygens (including phenoxy) is 2. The molecule has 1 amide bonds. The molecule has 1 aromatic heterocycles. The number of carbonyl (C=O) groups excluding carboxylic acids is 2. The highest BCUT2D eigenvalue weighted by Crippen LogP contribution is 2.38. The van der Waals surface area contributed by atoms with Crippen LogP contribution in [0.5, 0.6) is 5.75 Å². The van der Waals surface area contributed by atoms with E-state index in [9.17, 15) is 9.59 Å². The number of benzene rings is 1. The lowest BCUT2D eigenvalue weighted by Crippen LogP contribution is -2.47. The Morgan fingerprint density at radius 3 is 2.70 bits per heavy atom. The van der Waals surface area contributed by atoms with Gasteiger partial charge in [0.05, 0.1) is 19.6 Å². The monoisotopic (exact) mass is 453 g/mol. The van der Waals surface area contributed by atoms with E-state index in [4.69, 9.17) is 9.47 Å². The average molecular weight is 454 g/mol. The largest absolute Gasteiger partial charge is 0.494 e. The highest BCUT2D eigenvalue weighted by molar-refractivity contribution is 5.74.